The fourth-order valence-electron chi connectivity index (χ4n) is 1.85. The molecule has 0 bridgehead atoms. The number of hydrogen-bond donors (Lipinski definition) is 0. The van der Waals surface area contributed by atoms with Crippen molar-refractivity contribution in [2.45, 2.75) is 38.5 Å². The summed E-state index contributed by atoms with van der Waals surface area (Å²) in [4.78, 5) is 10.1. The Labute approximate surface area is 95.3 Å². The Balaban J connectivity index is 1.97. The van der Waals surface area contributed by atoms with Crippen LogP contribution in [0, 0.1) is 17.0 Å². The molecule has 1 aliphatic carbocycles. The number of halogens is 2. The molecule has 1 aromatic rings. The second-order valence-electron chi connectivity index (χ2n) is 3.98. The fraction of sp³-hybridized carbons (Fsp3) is 0.667. The summed E-state index contributed by atoms with van der Waals surface area (Å²) in [5.74, 6) is 0. The van der Waals surface area contributed by atoms with Gasteiger partial charge in [0.25, 0.3) is 0 Å². The average molecular weight is 247 g/mol. The van der Waals surface area contributed by atoms with Crippen LogP contribution >= 0.6 is 0 Å². The van der Waals surface area contributed by atoms with Crippen LogP contribution in [-0.2, 0) is 4.74 Å². The molecule has 0 aromatic carbocycles. The van der Waals surface area contributed by atoms with Gasteiger partial charge in [0, 0.05) is 0 Å². The van der Waals surface area contributed by atoms with Crippen molar-refractivity contribution in [3.05, 3.63) is 22.0 Å². The number of aromatic nitrogens is 2. The smallest absolute Gasteiger partial charge is 0.319 e. The van der Waals surface area contributed by atoms with E-state index >= 15 is 0 Å². The third-order valence-electron chi connectivity index (χ3n) is 2.83. The van der Waals surface area contributed by atoms with Crippen molar-refractivity contribution in [3.63, 3.8) is 0 Å². The molecule has 0 N–H and O–H groups in total. The van der Waals surface area contributed by atoms with Crippen molar-refractivity contribution in [3.8, 4) is 0 Å². The highest BCUT2D eigenvalue weighted by atomic mass is 19.3. The van der Waals surface area contributed by atoms with Gasteiger partial charge in [-0.05, 0) is 19.8 Å². The minimum absolute atomic E-state index is 0.0526. The minimum Gasteiger partial charge on any atom is -0.319 e. The second kappa shape index (κ2) is 4.36. The first kappa shape index (κ1) is 11.9. The summed E-state index contributed by atoms with van der Waals surface area (Å²) >= 11 is 0. The number of alkyl halides is 2. The molecule has 2 rings (SSSR count). The van der Waals surface area contributed by atoms with Crippen LogP contribution in [-0.4, -0.2) is 27.4 Å². The minimum atomic E-state index is -2.77. The molecule has 8 heteroatoms. The summed E-state index contributed by atoms with van der Waals surface area (Å²) in [5.41, 5.74) is 0.274. The summed E-state index contributed by atoms with van der Waals surface area (Å²) in [5, 5.41) is 14.6. The summed E-state index contributed by atoms with van der Waals surface area (Å²) in [7, 11) is 0. The van der Waals surface area contributed by atoms with Gasteiger partial charge >= 0.3 is 12.3 Å². The first-order valence-corrected chi connectivity index (χ1v) is 5.11. The average Bonchev–Trinajstić information content (AvgIpc) is 2.52. The molecule has 0 spiro atoms. The molecule has 94 valence electrons. The van der Waals surface area contributed by atoms with Crippen molar-refractivity contribution >= 4 is 5.69 Å². The maximum absolute atomic E-state index is 11.9. The topological polar surface area (TPSA) is 70.2 Å². The summed E-state index contributed by atoms with van der Waals surface area (Å²) in [6.07, 6.45) is 1.66. The Morgan fingerprint density at radius 3 is 2.76 bits per heavy atom. The molecule has 0 amide bonds. The van der Waals surface area contributed by atoms with E-state index in [9.17, 15) is 18.9 Å². The lowest BCUT2D eigenvalue weighted by molar-refractivity contribution is -0.385. The van der Waals surface area contributed by atoms with Crippen LogP contribution in [0.15, 0.2) is 6.20 Å². The van der Waals surface area contributed by atoms with E-state index < -0.39 is 17.6 Å². The Morgan fingerprint density at radius 1 is 1.65 bits per heavy atom. The van der Waals surface area contributed by atoms with Gasteiger partial charge in [0.15, 0.2) is 0 Å². The van der Waals surface area contributed by atoms with Crippen LogP contribution in [0.4, 0.5) is 14.5 Å². The fourth-order valence-corrected chi connectivity index (χ4v) is 1.85. The van der Waals surface area contributed by atoms with Gasteiger partial charge in [0.1, 0.15) is 11.9 Å². The molecule has 0 radical (unpaired) electrons. The Morgan fingerprint density at radius 2 is 2.29 bits per heavy atom. The van der Waals surface area contributed by atoms with E-state index in [4.69, 9.17) is 0 Å². The molecule has 17 heavy (non-hydrogen) atoms. The van der Waals surface area contributed by atoms with E-state index in [1.54, 1.807) is 6.92 Å². The number of rotatable bonds is 4. The van der Waals surface area contributed by atoms with Crippen LogP contribution in [0.3, 0.4) is 0 Å². The van der Waals surface area contributed by atoms with Gasteiger partial charge in [0.2, 0.25) is 0 Å². The SMILES string of the molecule is Cc1nn([C@H]2C[C@H](OC(F)F)C2)cc1[N+](=O)[O-]. The lowest BCUT2D eigenvalue weighted by Gasteiger charge is -2.34. The predicted octanol–water partition coefficient (Wildman–Crippen LogP) is 2.04. The number of ether oxygens (including phenoxy) is 1. The van der Waals surface area contributed by atoms with E-state index in [1.165, 1.54) is 10.9 Å². The molecule has 1 saturated carbocycles. The highest BCUT2D eigenvalue weighted by Crippen LogP contribution is 2.36. The van der Waals surface area contributed by atoms with Gasteiger partial charge in [-0.3, -0.25) is 14.8 Å². The van der Waals surface area contributed by atoms with Crippen molar-refractivity contribution < 1.29 is 18.4 Å². The number of nitrogens with zero attached hydrogens (tertiary/aromatic N) is 3. The van der Waals surface area contributed by atoms with Crippen LogP contribution < -0.4 is 0 Å². The summed E-state index contributed by atoms with van der Waals surface area (Å²) < 4.78 is 29.5. The normalized spacial score (nSPS) is 23.8. The van der Waals surface area contributed by atoms with Gasteiger partial charge in [-0.2, -0.15) is 13.9 Å². The molecule has 1 heterocycles. The highest BCUT2D eigenvalue weighted by molar-refractivity contribution is 5.31. The first-order chi connectivity index (χ1) is 7.97. The number of nitro groups is 1. The van der Waals surface area contributed by atoms with Gasteiger partial charge in [-0.25, -0.2) is 0 Å². The monoisotopic (exact) mass is 247 g/mol. The standard InChI is InChI=1S/C9H11F2N3O3/c1-5-8(14(15)16)4-13(12-5)6-2-7(3-6)17-9(10)11/h4,6-7,9H,2-3H2,1H3/t6-,7-. The van der Waals surface area contributed by atoms with Crippen LogP contribution in [0.25, 0.3) is 0 Å². The maximum Gasteiger partial charge on any atom is 0.345 e. The maximum atomic E-state index is 11.9. The van der Waals surface area contributed by atoms with E-state index in [0.717, 1.165) is 0 Å². The van der Waals surface area contributed by atoms with Crippen LogP contribution in [0.1, 0.15) is 24.6 Å². The Kier molecular flexibility index (Phi) is 3.05. The van der Waals surface area contributed by atoms with E-state index in [-0.39, 0.29) is 11.7 Å². The molecule has 0 unspecified atom stereocenters. The van der Waals surface area contributed by atoms with Crippen LogP contribution in [0.2, 0.25) is 0 Å². The molecule has 1 aromatic heterocycles. The molecule has 6 nitrogen and oxygen atoms in total. The lowest BCUT2D eigenvalue weighted by Crippen LogP contribution is -2.34. The Hall–Kier alpha value is -1.57. The summed E-state index contributed by atoms with van der Waals surface area (Å²) in [6.45, 7) is -1.23. The quantitative estimate of drug-likeness (QED) is 0.603. The van der Waals surface area contributed by atoms with Gasteiger partial charge in [-0.1, -0.05) is 0 Å². The first-order valence-electron chi connectivity index (χ1n) is 5.11. The molecular formula is C9H11F2N3O3. The van der Waals surface area contributed by atoms with E-state index in [2.05, 4.69) is 9.84 Å². The Bertz CT molecular complexity index is 429. The van der Waals surface area contributed by atoms with Gasteiger partial charge < -0.3 is 4.74 Å². The molecule has 1 fully saturated rings. The number of hydrogen-bond acceptors (Lipinski definition) is 4. The molecule has 0 atom stereocenters. The van der Waals surface area contributed by atoms with Crippen molar-refractivity contribution in [1.82, 2.24) is 9.78 Å². The molecule has 1 aliphatic rings. The predicted molar refractivity (Wildman–Crippen MR) is 52.8 cm³/mol. The second-order valence-corrected chi connectivity index (χ2v) is 3.98. The van der Waals surface area contributed by atoms with E-state index in [0.29, 0.717) is 18.5 Å². The van der Waals surface area contributed by atoms with E-state index in [1.807, 2.05) is 0 Å². The van der Waals surface area contributed by atoms with Gasteiger partial charge in [0.05, 0.1) is 17.1 Å². The third-order valence-corrected chi connectivity index (χ3v) is 2.83. The highest BCUT2D eigenvalue weighted by Gasteiger charge is 2.35. The van der Waals surface area contributed by atoms with Crippen molar-refractivity contribution in [1.29, 1.82) is 0 Å². The lowest BCUT2D eigenvalue weighted by atomic mass is 9.89. The molecule has 0 saturated heterocycles. The third kappa shape index (κ3) is 2.41. The molecular weight excluding hydrogens is 236 g/mol. The zero-order valence-electron chi connectivity index (χ0n) is 9.05. The number of aryl methyl sites for hydroxylation is 1. The summed E-state index contributed by atoms with van der Waals surface area (Å²) in [6, 6.07) is -0.0915. The van der Waals surface area contributed by atoms with Gasteiger partial charge in [-0.15, -0.1) is 0 Å². The zero-order chi connectivity index (χ0) is 12.6. The van der Waals surface area contributed by atoms with Crippen molar-refractivity contribution in [2.24, 2.45) is 0 Å². The largest absolute Gasteiger partial charge is 0.345 e. The zero-order valence-corrected chi connectivity index (χ0v) is 9.05. The molecule has 0 aliphatic heterocycles. The van der Waals surface area contributed by atoms with Crippen LogP contribution in [0.5, 0.6) is 0 Å². The van der Waals surface area contributed by atoms with Crippen molar-refractivity contribution in [2.75, 3.05) is 0 Å².